The zero-order valence-electron chi connectivity index (χ0n) is 29.5. The van der Waals surface area contributed by atoms with Crippen molar-refractivity contribution in [2.24, 2.45) is 5.92 Å². The molecule has 266 valence electrons. The van der Waals surface area contributed by atoms with Crippen LogP contribution >= 0.6 is 0 Å². The number of aliphatic hydroxyl groups is 1. The molecule has 1 fully saturated rings. The molecule has 0 radical (unpaired) electrons. The molecule has 3 aliphatic heterocycles. The van der Waals surface area contributed by atoms with E-state index < -0.39 is 20.0 Å². The number of carbonyl (C=O) groups is 2. The number of ether oxygens (including phenoxy) is 2. The van der Waals surface area contributed by atoms with Gasteiger partial charge in [-0.3, -0.25) is 19.2 Å². The number of para-hydroxylation sites is 3. The zero-order valence-corrected chi connectivity index (χ0v) is 30.5. The number of nitrogens with zero attached hydrogens (tertiary/aromatic N) is 5. The van der Waals surface area contributed by atoms with Gasteiger partial charge in [-0.25, -0.2) is 0 Å². The van der Waals surface area contributed by atoms with Gasteiger partial charge in [-0.05, 0) is 67.5 Å². The summed E-state index contributed by atoms with van der Waals surface area (Å²) < 4.78 is 15.0. The Balaban J connectivity index is 1.15. The van der Waals surface area contributed by atoms with Crippen LogP contribution in [0.15, 0.2) is 103 Å². The van der Waals surface area contributed by atoms with Crippen LogP contribution in [0.25, 0.3) is 0 Å². The third kappa shape index (κ3) is 5.36. The fourth-order valence-electron chi connectivity index (χ4n) is 8.54. The van der Waals surface area contributed by atoms with Crippen molar-refractivity contribution >= 4 is 37.2 Å². The van der Waals surface area contributed by atoms with Gasteiger partial charge in [-0.2, -0.15) is 0 Å². The minimum atomic E-state index is -2.92. The summed E-state index contributed by atoms with van der Waals surface area (Å²) in [5.41, 5.74) is 2.87. The van der Waals surface area contributed by atoms with Gasteiger partial charge in [0.05, 0.1) is 41.3 Å². The molecule has 5 atom stereocenters. The van der Waals surface area contributed by atoms with Gasteiger partial charge in [-0.1, -0.05) is 66.7 Å². The fraction of sp³-hybridized carbons (Fsp3) is 0.300. The minimum Gasteiger partial charge on any atom is -0.454 e. The molecule has 2 amide bonds. The molecule has 0 saturated carbocycles. The summed E-state index contributed by atoms with van der Waals surface area (Å²) in [5.74, 6) is -0.142. The van der Waals surface area contributed by atoms with Gasteiger partial charge in [0, 0.05) is 42.5 Å². The molecule has 4 heterocycles. The number of aryl methyl sites for hydroxylation is 1. The van der Waals surface area contributed by atoms with Crippen LogP contribution in [0.1, 0.15) is 46.4 Å². The average molecular weight is 716 g/mol. The molecule has 8 rings (SSSR count). The van der Waals surface area contributed by atoms with Crippen LogP contribution in [-0.2, 0) is 21.7 Å². The first kappa shape index (κ1) is 34.0. The molecule has 1 spiro atoms. The van der Waals surface area contributed by atoms with Crippen LogP contribution in [0.2, 0.25) is 18.6 Å². The number of hydrogen-bond acceptors (Lipinski definition) is 8. The van der Waals surface area contributed by atoms with Crippen molar-refractivity contribution in [2.75, 3.05) is 23.5 Å². The fourth-order valence-corrected chi connectivity index (χ4v) is 11.1. The molecule has 1 unspecified atom stereocenters. The maximum atomic E-state index is 14.5. The van der Waals surface area contributed by atoms with Gasteiger partial charge in [0.25, 0.3) is 11.8 Å². The van der Waals surface area contributed by atoms with Gasteiger partial charge in [-0.15, -0.1) is 5.10 Å². The van der Waals surface area contributed by atoms with E-state index in [9.17, 15) is 19.5 Å². The Morgan fingerprint density at radius 2 is 1.63 bits per heavy atom. The van der Waals surface area contributed by atoms with E-state index in [0.717, 1.165) is 5.56 Å². The SMILES string of the molecule is C[C@H]1[C@H]([Si](C)(C)O)[C@@H](CCn2cc(C(CO)c3ccccc3)nn2)O[C@]12C(=O)N(C)c1ccc(N3C(=O)c4ccccc4Oc4ccccc43)cc12. The maximum absolute atomic E-state index is 14.5. The van der Waals surface area contributed by atoms with Gasteiger partial charge >= 0.3 is 0 Å². The number of aliphatic hydroxyl groups excluding tert-OH is 1. The predicted molar refractivity (Wildman–Crippen MR) is 198 cm³/mol. The Morgan fingerprint density at radius 3 is 2.38 bits per heavy atom. The Bertz CT molecular complexity index is 2170. The normalized spacial score (nSPS) is 22.9. The summed E-state index contributed by atoms with van der Waals surface area (Å²) in [6, 6.07) is 29.9. The van der Waals surface area contributed by atoms with Crippen LogP contribution in [0, 0.1) is 5.92 Å². The summed E-state index contributed by atoms with van der Waals surface area (Å²) >= 11 is 0. The number of amides is 2. The minimum absolute atomic E-state index is 0.105. The predicted octanol–water partition coefficient (Wildman–Crippen LogP) is 6.35. The van der Waals surface area contributed by atoms with Crippen molar-refractivity contribution in [3.8, 4) is 11.5 Å². The van der Waals surface area contributed by atoms with E-state index in [2.05, 4.69) is 10.3 Å². The number of anilines is 3. The lowest BCUT2D eigenvalue weighted by atomic mass is 9.82. The monoisotopic (exact) mass is 715 g/mol. The first-order chi connectivity index (χ1) is 25.0. The Hall–Kier alpha value is -5.14. The van der Waals surface area contributed by atoms with Gasteiger partial charge in [0.2, 0.25) is 0 Å². The second-order valence-corrected chi connectivity index (χ2v) is 18.4. The molecule has 1 saturated heterocycles. The maximum Gasteiger partial charge on any atom is 0.266 e. The molecule has 1 aromatic heterocycles. The molecule has 0 bridgehead atoms. The Labute approximate surface area is 303 Å². The number of rotatable bonds is 8. The highest BCUT2D eigenvalue weighted by molar-refractivity contribution is 6.71. The average Bonchev–Trinajstić information content (AvgIpc) is 3.76. The van der Waals surface area contributed by atoms with E-state index in [0.29, 0.717) is 58.3 Å². The van der Waals surface area contributed by atoms with Crippen LogP contribution in [-0.4, -0.2) is 64.8 Å². The highest BCUT2D eigenvalue weighted by atomic mass is 28.4. The molecule has 12 heteroatoms. The van der Waals surface area contributed by atoms with Crippen molar-refractivity contribution in [1.29, 1.82) is 0 Å². The third-order valence-electron chi connectivity index (χ3n) is 10.9. The summed E-state index contributed by atoms with van der Waals surface area (Å²) in [7, 11) is -1.18. The van der Waals surface area contributed by atoms with E-state index in [1.54, 1.807) is 33.7 Å². The summed E-state index contributed by atoms with van der Waals surface area (Å²) in [6.45, 7) is 6.12. The lowest BCUT2D eigenvalue weighted by Gasteiger charge is -2.32. The molecular weight excluding hydrogens is 675 g/mol. The summed E-state index contributed by atoms with van der Waals surface area (Å²) in [5, 5.41) is 18.9. The van der Waals surface area contributed by atoms with Crippen LogP contribution < -0.4 is 14.5 Å². The third-order valence-corrected chi connectivity index (χ3v) is 13.4. The largest absolute Gasteiger partial charge is 0.454 e. The van der Waals surface area contributed by atoms with E-state index in [4.69, 9.17) is 9.47 Å². The zero-order chi connectivity index (χ0) is 36.4. The van der Waals surface area contributed by atoms with Crippen molar-refractivity contribution in [3.05, 3.63) is 126 Å². The first-order valence-electron chi connectivity index (χ1n) is 17.6. The molecule has 0 aliphatic carbocycles. The summed E-state index contributed by atoms with van der Waals surface area (Å²) in [4.78, 5) is 43.8. The quantitative estimate of drug-likeness (QED) is 0.178. The van der Waals surface area contributed by atoms with Crippen molar-refractivity contribution in [2.45, 2.75) is 56.1 Å². The summed E-state index contributed by atoms with van der Waals surface area (Å²) in [6.07, 6.45) is 1.85. The molecule has 11 nitrogen and oxygen atoms in total. The number of hydrogen-bond donors (Lipinski definition) is 2. The Morgan fingerprint density at radius 1 is 0.923 bits per heavy atom. The molecule has 5 aromatic rings. The number of carbonyl (C=O) groups excluding carboxylic acids is 2. The highest BCUT2D eigenvalue weighted by Gasteiger charge is 2.65. The smallest absolute Gasteiger partial charge is 0.266 e. The standard InChI is InChI=1S/C40H41N5O6Si/c1-25-37(52(3,4)49)36(20-21-44-23-31(41-42-44)29(24-46)26-12-6-5-7-13-26)51-40(25)30-22-27(18-19-32(30)43(2)39(40)48)45-33-15-9-11-17-35(33)50-34-16-10-8-14-28(34)38(45)47/h5-19,22-23,25,29,36-37,46,49H,20-21,24H2,1-4H3/t25-,29?,36+,37-,40+/m0/s1. The van der Waals surface area contributed by atoms with E-state index in [1.165, 1.54) is 0 Å². The van der Waals surface area contributed by atoms with Crippen molar-refractivity contribution < 1.29 is 29.0 Å². The molecular formula is C40H41N5O6Si. The molecule has 4 aromatic carbocycles. The van der Waals surface area contributed by atoms with Gasteiger partial charge in [0.15, 0.2) is 19.7 Å². The lowest BCUT2D eigenvalue weighted by molar-refractivity contribution is -0.145. The number of benzene rings is 4. The molecule has 3 aliphatic rings. The second kappa shape index (κ2) is 12.8. The van der Waals surface area contributed by atoms with Crippen LogP contribution in [0.3, 0.4) is 0 Å². The number of likely N-dealkylation sites (N-methyl/N-ethyl adjacent to an activating group) is 1. The van der Waals surface area contributed by atoms with E-state index in [1.807, 2.05) is 111 Å². The van der Waals surface area contributed by atoms with Gasteiger partial charge in [0.1, 0.15) is 5.75 Å². The van der Waals surface area contributed by atoms with E-state index in [-0.39, 0.29) is 35.8 Å². The Kier molecular flexibility index (Phi) is 8.37. The van der Waals surface area contributed by atoms with Crippen molar-refractivity contribution in [3.63, 3.8) is 0 Å². The first-order valence-corrected chi connectivity index (χ1v) is 20.6. The molecule has 2 N–H and O–H groups in total. The lowest BCUT2D eigenvalue weighted by Crippen LogP contribution is -2.45. The van der Waals surface area contributed by atoms with E-state index >= 15 is 0 Å². The number of fused-ring (bicyclic) bond motifs is 4. The van der Waals surface area contributed by atoms with Crippen LogP contribution in [0.4, 0.5) is 17.1 Å². The topological polar surface area (TPSA) is 130 Å². The van der Waals surface area contributed by atoms with Crippen LogP contribution in [0.5, 0.6) is 11.5 Å². The second-order valence-electron chi connectivity index (χ2n) is 14.5. The highest BCUT2D eigenvalue weighted by Crippen LogP contribution is 2.60. The van der Waals surface area contributed by atoms with Crippen molar-refractivity contribution in [1.82, 2.24) is 15.0 Å². The molecule has 52 heavy (non-hydrogen) atoms. The number of aromatic nitrogens is 3. The van der Waals surface area contributed by atoms with Gasteiger partial charge < -0.3 is 24.3 Å².